The van der Waals surface area contributed by atoms with E-state index in [4.69, 9.17) is 10.2 Å². The van der Waals surface area contributed by atoms with Gasteiger partial charge >= 0.3 is 0 Å². The van der Waals surface area contributed by atoms with Crippen molar-refractivity contribution in [1.82, 2.24) is 9.61 Å². The Labute approximate surface area is 151 Å². The summed E-state index contributed by atoms with van der Waals surface area (Å²) in [5.41, 5.74) is 5.75. The molecule has 0 spiro atoms. The van der Waals surface area contributed by atoms with E-state index in [0.717, 1.165) is 33.5 Å². The molecule has 0 atom stereocenters. The van der Waals surface area contributed by atoms with Crippen LogP contribution in [-0.2, 0) is 10.0 Å². The third-order valence-corrected chi connectivity index (χ3v) is 5.23. The van der Waals surface area contributed by atoms with Crippen molar-refractivity contribution in [3.05, 3.63) is 78.5 Å². The lowest BCUT2D eigenvalue weighted by Gasteiger charge is -2.05. The van der Waals surface area contributed by atoms with Crippen LogP contribution >= 0.6 is 0 Å². The molecule has 0 fully saturated rings. The summed E-state index contributed by atoms with van der Waals surface area (Å²) in [5, 5.41) is 9.97. The highest BCUT2D eigenvalue weighted by molar-refractivity contribution is 7.89. The zero-order valence-corrected chi connectivity index (χ0v) is 14.9. The molecule has 0 unspecified atom stereocenters. The standard InChI is InChI=1S/C20H17N3O2S/c1-14-7-12-18-19(15-8-10-17(11-9-15)26(21,24)25)20(22-23(18)13-14)16-5-3-2-4-6-16/h2-13H,1H3,(H2,21,24,25). The highest BCUT2D eigenvalue weighted by atomic mass is 32.2. The third kappa shape index (κ3) is 2.89. The molecule has 2 N–H and O–H groups in total. The van der Waals surface area contributed by atoms with E-state index in [-0.39, 0.29) is 4.90 Å². The zero-order valence-electron chi connectivity index (χ0n) is 14.1. The molecular formula is C20H17N3O2S. The molecule has 0 amide bonds. The van der Waals surface area contributed by atoms with E-state index in [1.54, 1.807) is 12.1 Å². The highest BCUT2D eigenvalue weighted by Crippen LogP contribution is 2.35. The van der Waals surface area contributed by atoms with Gasteiger partial charge in [-0.15, -0.1) is 0 Å². The summed E-state index contributed by atoms with van der Waals surface area (Å²) in [5.74, 6) is 0. The average Bonchev–Trinajstić information content (AvgIpc) is 3.00. The van der Waals surface area contributed by atoms with E-state index in [9.17, 15) is 8.42 Å². The van der Waals surface area contributed by atoms with Crippen LogP contribution in [0.15, 0.2) is 77.8 Å². The smallest absolute Gasteiger partial charge is 0.238 e. The van der Waals surface area contributed by atoms with Crippen LogP contribution in [-0.4, -0.2) is 18.0 Å². The number of hydrogen-bond donors (Lipinski definition) is 1. The number of nitrogens with zero attached hydrogens (tertiary/aromatic N) is 2. The molecule has 2 aromatic heterocycles. The van der Waals surface area contributed by atoms with Gasteiger partial charge in [0.2, 0.25) is 10.0 Å². The summed E-state index contributed by atoms with van der Waals surface area (Å²) < 4.78 is 24.9. The summed E-state index contributed by atoms with van der Waals surface area (Å²) in [6.07, 6.45) is 1.98. The molecule has 0 bridgehead atoms. The van der Waals surface area contributed by atoms with Crippen LogP contribution in [0.2, 0.25) is 0 Å². The number of benzene rings is 2. The summed E-state index contributed by atoms with van der Waals surface area (Å²) >= 11 is 0. The minimum Gasteiger partial charge on any atom is -0.239 e. The maximum absolute atomic E-state index is 11.5. The summed E-state index contributed by atoms with van der Waals surface area (Å²) in [6.45, 7) is 2.02. The predicted octanol–water partition coefficient (Wildman–Crippen LogP) is 3.62. The second kappa shape index (κ2) is 6.09. The van der Waals surface area contributed by atoms with Crippen molar-refractivity contribution in [3.63, 3.8) is 0 Å². The lowest BCUT2D eigenvalue weighted by atomic mass is 10.00. The first kappa shape index (κ1) is 16.5. The molecule has 26 heavy (non-hydrogen) atoms. The second-order valence-corrected chi connectivity index (χ2v) is 7.76. The summed E-state index contributed by atoms with van der Waals surface area (Å²) in [7, 11) is -3.72. The van der Waals surface area contributed by atoms with Crippen molar-refractivity contribution >= 4 is 15.5 Å². The third-order valence-electron chi connectivity index (χ3n) is 4.30. The summed E-state index contributed by atoms with van der Waals surface area (Å²) in [6, 6.07) is 20.6. The van der Waals surface area contributed by atoms with E-state index in [1.165, 1.54) is 12.1 Å². The maximum Gasteiger partial charge on any atom is 0.238 e. The SMILES string of the molecule is Cc1ccc2c(-c3ccc(S(N)(=O)=O)cc3)c(-c3ccccc3)nn2c1. The number of pyridine rings is 1. The minimum atomic E-state index is -3.72. The van der Waals surface area contributed by atoms with E-state index < -0.39 is 10.0 Å². The number of aryl methyl sites for hydroxylation is 1. The molecule has 2 aromatic carbocycles. The Kier molecular flexibility index (Phi) is 3.86. The first-order chi connectivity index (χ1) is 12.4. The second-order valence-electron chi connectivity index (χ2n) is 6.20. The van der Waals surface area contributed by atoms with Crippen molar-refractivity contribution in [2.45, 2.75) is 11.8 Å². The number of primary sulfonamides is 1. The lowest BCUT2D eigenvalue weighted by molar-refractivity contribution is 0.598. The number of rotatable bonds is 3. The van der Waals surface area contributed by atoms with Crippen LogP contribution in [0.1, 0.15) is 5.56 Å². The predicted molar refractivity (Wildman–Crippen MR) is 102 cm³/mol. The Morgan fingerprint density at radius 2 is 1.58 bits per heavy atom. The fourth-order valence-electron chi connectivity index (χ4n) is 3.05. The molecule has 6 heteroatoms. The van der Waals surface area contributed by atoms with Gasteiger partial charge in [0.25, 0.3) is 0 Å². The van der Waals surface area contributed by atoms with Gasteiger partial charge < -0.3 is 0 Å². The molecule has 0 aliphatic heterocycles. The van der Waals surface area contributed by atoms with Crippen LogP contribution in [0, 0.1) is 6.92 Å². The van der Waals surface area contributed by atoms with Gasteiger partial charge in [-0.25, -0.2) is 18.1 Å². The lowest BCUT2D eigenvalue weighted by Crippen LogP contribution is -2.11. The Bertz CT molecular complexity index is 1200. The molecule has 4 aromatic rings. The van der Waals surface area contributed by atoms with E-state index in [2.05, 4.69) is 0 Å². The monoisotopic (exact) mass is 363 g/mol. The van der Waals surface area contributed by atoms with Gasteiger partial charge in [-0.2, -0.15) is 5.10 Å². The molecule has 4 rings (SSSR count). The first-order valence-electron chi connectivity index (χ1n) is 8.11. The van der Waals surface area contributed by atoms with Gasteiger partial charge in [0.1, 0.15) is 5.69 Å². The van der Waals surface area contributed by atoms with Gasteiger partial charge in [-0.05, 0) is 36.2 Å². The maximum atomic E-state index is 11.5. The van der Waals surface area contributed by atoms with Crippen LogP contribution < -0.4 is 5.14 Å². The number of aromatic nitrogens is 2. The minimum absolute atomic E-state index is 0.0924. The van der Waals surface area contributed by atoms with Gasteiger partial charge in [0, 0.05) is 17.3 Å². The van der Waals surface area contributed by atoms with E-state index >= 15 is 0 Å². The fraction of sp³-hybridized carbons (Fsp3) is 0.0500. The molecule has 0 radical (unpaired) electrons. The van der Waals surface area contributed by atoms with Crippen molar-refractivity contribution < 1.29 is 8.42 Å². The van der Waals surface area contributed by atoms with Crippen LogP contribution in [0.5, 0.6) is 0 Å². The van der Waals surface area contributed by atoms with Crippen molar-refractivity contribution in [2.75, 3.05) is 0 Å². The van der Waals surface area contributed by atoms with Crippen molar-refractivity contribution in [3.8, 4) is 22.4 Å². The normalized spacial score (nSPS) is 11.8. The van der Waals surface area contributed by atoms with Crippen LogP contribution in [0.4, 0.5) is 0 Å². The summed E-state index contributed by atoms with van der Waals surface area (Å²) in [4.78, 5) is 0.0924. The Balaban J connectivity index is 1.98. The average molecular weight is 363 g/mol. The quantitative estimate of drug-likeness (QED) is 0.604. The molecule has 130 valence electrons. The molecule has 0 saturated heterocycles. The number of nitrogens with two attached hydrogens (primary N) is 1. The Morgan fingerprint density at radius 1 is 0.885 bits per heavy atom. The molecule has 2 heterocycles. The van der Waals surface area contributed by atoms with Crippen molar-refractivity contribution in [2.24, 2.45) is 5.14 Å². The number of fused-ring (bicyclic) bond motifs is 1. The molecular weight excluding hydrogens is 346 g/mol. The zero-order chi connectivity index (χ0) is 18.3. The van der Waals surface area contributed by atoms with Gasteiger partial charge in [-0.1, -0.05) is 48.5 Å². The largest absolute Gasteiger partial charge is 0.239 e. The highest BCUT2D eigenvalue weighted by Gasteiger charge is 2.17. The van der Waals surface area contributed by atoms with Gasteiger partial charge in [0.15, 0.2) is 0 Å². The number of hydrogen-bond acceptors (Lipinski definition) is 3. The van der Waals surface area contributed by atoms with Crippen LogP contribution in [0.25, 0.3) is 27.9 Å². The molecule has 0 saturated carbocycles. The van der Waals surface area contributed by atoms with Crippen LogP contribution in [0.3, 0.4) is 0 Å². The van der Waals surface area contributed by atoms with Gasteiger partial charge in [-0.3, -0.25) is 0 Å². The number of sulfonamides is 1. The molecule has 0 aliphatic carbocycles. The van der Waals surface area contributed by atoms with E-state index in [0.29, 0.717) is 0 Å². The van der Waals surface area contributed by atoms with E-state index in [1.807, 2.05) is 60.1 Å². The fourth-order valence-corrected chi connectivity index (χ4v) is 3.56. The Morgan fingerprint density at radius 3 is 2.23 bits per heavy atom. The van der Waals surface area contributed by atoms with Gasteiger partial charge in [0.05, 0.1) is 10.4 Å². The Hall–Kier alpha value is -2.96. The van der Waals surface area contributed by atoms with Crippen molar-refractivity contribution in [1.29, 1.82) is 0 Å². The molecule has 0 aliphatic rings. The topological polar surface area (TPSA) is 77.5 Å². The molecule has 5 nitrogen and oxygen atoms in total. The first-order valence-corrected chi connectivity index (χ1v) is 9.66.